The number of rotatable bonds is 2. The Morgan fingerprint density at radius 3 is 2.94 bits per heavy atom. The molecule has 0 aliphatic heterocycles. The second-order valence-electron chi connectivity index (χ2n) is 4.61. The Morgan fingerprint density at radius 1 is 1.38 bits per heavy atom. The first-order chi connectivity index (χ1) is 7.66. The Balaban J connectivity index is 2.05. The summed E-state index contributed by atoms with van der Waals surface area (Å²) in [6, 6.07) is 0. The number of halogens is 1. The first-order valence-corrected chi connectivity index (χ1v) is 6.18. The highest BCUT2D eigenvalue weighted by molar-refractivity contribution is 6.30. The van der Waals surface area contributed by atoms with E-state index in [1.165, 1.54) is 19.2 Å². The fourth-order valence-corrected chi connectivity index (χ4v) is 2.30. The van der Waals surface area contributed by atoms with E-state index in [9.17, 15) is 0 Å². The summed E-state index contributed by atoms with van der Waals surface area (Å²) in [7, 11) is 0. The predicted octanol–water partition coefficient (Wildman–Crippen LogP) is 3.40. The third-order valence-electron chi connectivity index (χ3n) is 3.14. The lowest BCUT2D eigenvalue weighted by atomic mass is 9.89. The summed E-state index contributed by atoms with van der Waals surface area (Å²) in [4.78, 5) is 8.06. The van der Waals surface area contributed by atoms with Crippen molar-refractivity contribution in [2.45, 2.75) is 45.6 Å². The second-order valence-corrected chi connectivity index (χ2v) is 4.96. The van der Waals surface area contributed by atoms with E-state index >= 15 is 0 Å². The Hall–Kier alpha value is -0.830. The van der Waals surface area contributed by atoms with E-state index in [4.69, 9.17) is 16.3 Å². The monoisotopic (exact) mass is 240 g/mol. The molecule has 1 aliphatic rings. The predicted molar refractivity (Wildman–Crippen MR) is 63.8 cm³/mol. The van der Waals surface area contributed by atoms with Crippen molar-refractivity contribution in [2.24, 2.45) is 5.92 Å². The van der Waals surface area contributed by atoms with E-state index in [0.717, 1.165) is 24.3 Å². The molecule has 0 radical (unpaired) electrons. The molecule has 16 heavy (non-hydrogen) atoms. The standard InChI is InChI=1S/C12H17ClN2O/c1-8-4-3-5-10(6-8)16-12-9(2)11(13)14-7-15-12/h7-8,10H,3-6H2,1-2H3. The van der Waals surface area contributed by atoms with Crippen LogP contribution < -0.4 is 4.74 Å². The molecule has 3 nitrogen and oxygen atoms in total. The van der Waals surface area contributed by atoms with Crippen LogP contribution in [0.25, 0.3) is 0 Å². The summed E-state index contributed by atoms with van der Waals surface area (Å²) >= 11 is 5.93. The number of hydrogen-bond donors (Lipinski definition) is 0. The van der Waals surface area contributed by atoms with Crippen LogP contribution in [0.5, 0.6) is 5.88 Å². The quantitative estimate of drug-likeness (QED) is 0.744. The third-order valence-corrected chi connectivity index (χ3v) is 3.52. The van der Waals surface area contributed by atoms with Crippen LogP contribution in [0.15, 0.2) is 6.33 Å². The van der Waals surface area contributed by atoms with Crippen LogP contribution in [0.3, 0.4) is 0 Å². The highest BCUT2D eigenvalue weighted by atomic mass is 35.5. The molecule has 1 saturated carbocycles. The van der Waals surface area contributed by atoms with Crippen molar-refractivity contribution < 1.29 is 4.74 Å². The normalized spacial score (nSPS) is 25.4. The molecule has 0 aromatic carbocycles. The summed E-state index contributed by atoms with van der Waals surface area (Å²) in [5.41, 5.74) is 0.836. The number of hydrogen-bond acceptors (Lipinski definition) is 3. The van der Waals surface area contributed by atoms with Crippen molar-refractivity contribution in [1.29, 1.82) is 0 Å². The lowest BCUT2D eigenvalue weighted by Gasteiger charge is -2.27. The van der Waals surface area contributed by atoms with Crippen LogP contribution in [0, 0.1) is 12.8 Å². The fourth-order valence-electron chi connectivity index (χ4n) is 2.18. The van der Waals surface area contributed by atoms with Crippen molar-refractivity contribution >= 4 is 11.6 Å². The van der Waals surface area contributed by atoms with E-state index in [2.05, 4.69) is 16.9 Å². The summed E-state index contributed by atoms with van der Waals surface area (Å²) < 4.78 is 5.90. The first kappa shape index (κ1) is 11.6. The molecule has 2 atom stereocenters. The minimum absolute atomic E-state index is 0.286. The Morgan fingerprint density at radius 2 is 2.19 bits per heavy atom. The average Bonchev–Trinajstić information content (AvgIpc) is 2.25. The van der Waals surface area contributed by atoms with Gasteiger partial charge in [-0.3, -0.25) is 0 Å². The maximum atomic E-state index is 5.93. The number of nitrogens with zero attached hydrogens (tertiary/aromatic N) is 2. The maximum absolute atomic E-state index is 5.93. The first-order valence-electron chi connectivity index (χ1n) is 5.80. The molecule has 4 heteroatoms. The molecule has 0 spiro atoms. The molecule has 1 heterocycles. The van der Waals surface area contributed by atoms with Gasteiger partial charge in [0, 0.05) is 5.56 Å². The Labute approximate surface area is 101 Å². The van der Waals surface area contributed by atoms with Gasteiger partial charge >= 0.3 is 0 Å². The zero-order valence-electron chi connectivity index (χ0n) is 9.74. The summed E-state index contributed by atoms with van der Waals surface area (Å²) in [6.45, 7) is 4.17. The van der Waals surface area contributed by atoms with Gasteiger partial charge in [0.05, 0.1) is 0 Å². The largest absolute Gasteiger partial charge is 0.474 e. The third kappa shape index (κ3) is 2.64. The van der Waals surface area contributed by atoms with Gasteiger partial charge in [-0.2, -0.15) is 0 Å². The van der Waals surface area contributed by atoms with Gasteiger partial charge in [-0.25, -0.2) is 9.97 Å². The van der Waals surface area contributed by atoms with Crippen molar-refractivity contribution in [1.82, 2.24) is 9.97 Å². The summed E-state index contributed by atoms with van der Waals surface area (Å²) in [5.74, 6) is 1.38. The minimum Gasteiger partial charge on any atom is -0.474 e. The van der Waals surface area contributed by atoms with Gasteiger partial charge in [-0.05, 0) is 32.1 Å². The number of aromatic nitrogens is 2. The van der Waals surface area contributed by atoms with Crippen LogP contribution in [0.4, 0.5) is 0 Å². The summed E-state index contributed by atoms with van der Waals surface area (Å²) in [5, 5.41) is 0.480. The van der Waals surface area contributed by atoms with E-state index in [0.29, 0.717) is 11.0 Å². The molecular formula is C12H17ClN2O. The van der Waals surface area contributed by atoms with Crippen molar-refractivity contribution in [3.05, 3.63) is 17.0 Å². The molecule has 0 amide bonds. The molecule has 2 unspecified atom stereocenters. The van der Waals surface area contributed by atoms with Crippen LogP contribution in [0.1, 0.15) is 38.2 Å². The second kappa shape index (κ2) is 5.00. The Bertz CT molecular complexity index is 370. The van der Waals surface area contributed by atoms with Crippen molar-refractivity contribution in [2.75, 3.05) is 0 Å². The molecule has 1 aromatic rings. The van der Waals surface area contributed by atoms with Gasteiger partial charge in [-0.15, -0.1) is 0 Å². The minimum atomic E-state index is 0.286. The molecule has 1 aliphatic carbocycles. The van der Waals surface area contributed by atoms with E-state index in [1.54, 1.807) is 0 Å². The molecule has 88 valence electrons. The van der Waals surface area contributed by atoms with Crippen molar-refractivity contribution in [3.8, 4) is 5.88 Å². The highest BCUT2D eigenvalue weighted by Gasteiger charge is 2.21. The van der Waals surface area contributed by atoms with Gasteiger partial charge in [-0.1, -0.05) is 24.9 Å². The zero-order chi connectivity index (χ0) is 11.5. The van der Waals surface area contributed by atoms with Crippen LogP contribution >= 0.6 is 11.6 Å². The van der Waals surface area contributed by atoms with Gasteiger partial charge < -0.3 is 4.74 Å². The lowest BCUT2D eigenvalue weighted by molar-refractivity contribution is 0.123. The van der Waals surface area contributed by atoms with Crippen LogP contribution in [-0.4, -0.2) is 16.1 Å². The summed E-state index contributed by atoms with van der Waals surface area (Å²) in [6.07, 6.45) is 6.52. The molecule has 0 saturated heterocycles. The van der Waals surface area contributed by atoms with E-state index < -0.39 is 0 Å². The topological polar surface area (TPSA) is 35.0 Å². The van der Waals surface area contributed by atoms with Gasteiger partial charge in [0.1, 0.15) is 17.6 Å². The van der Waals surface area contributed by atoms with Gasteiger partial charge in [0.15, 0.2) is 0 Å². The van der Waals surface area contributed by atoms with E-state index in [1.807, 2.05) is 6.92 Å². The molecular weight excluding hydrogens is 224 g/mol. The molecule has 2 rings (SSSR count). The molecule has 0 bridgehead atoms. The smallest absolute Gasteiger partial charge is 0.221 e. The van der Waals surface area contributed by atoms with Crippen LogP contribution in [0.2, 0.25) is 5.15 Å². The maximum Gasteiger partial charge on any atom is 0.221 e. The fraction of sp³-hybridized carbons (Fsp3) is 0.667. The van der Waals surface area contributed by atoms with Gasteiger partial charge in [0.25, 0.3) is 0 Å². The molecule has 1 aromatic heterocycles. The Kier molecular flexibility index (Phi) is 3.64. The number of ether oxygens (including phenoxy) is 1. The van der Waals surface area contributed by atoms with Gasteiger partial charge in [0.2, 0.25) is 5.88 Å². The zero-order valence-corrected chi connectivity index (χ0v) is 10.5. The van der Waals surface area contributed by atoms with E-state index in [-0.39, 0.29) is 6.10 Å². The van der Waals surface area contributed by atoms with Crippen molar-refractivity contribution in [3.63, 3.8) is 0 Å². The SMILES string of the molecule is Cc1c(Cl)ncnc1OC1CCCC(C)C1. The molecule has 1 fully saturated rings. The lowest BCUT2D eigenvalue weighted by Crippen LogP contribution is -2.24. The van der Waals surface area contributed by atoms with Crippen LogP contribution in [-0.2, 0) is 0 Å². The molecule has 0 N–H and O–H groups in total. The average molecular weight is 241 g/mol. The highest BCUT2D eigenvalue weighted by Crippen LogP contribution is 2.28.